The maximum absolute atomic E-state index is 13.1. The molecule has 1 aliphatic heterocycles. The number of piperidine rings is 1. The van der Waals surface area contributed by atoms with Crippen LogP contribution in [0.3, 0.4) is 0 Å². The first-order valence-corrected chi connectivity index (χ1v) is 22.1. The monoisotopic (exact) mass is 784 g/mol. The quantitative estimate of drug-likeness (QED) is 0.0285. The molecule has 0 aromatic heterocycles. The van der Waals surface area contributed by atoms with Gasteiger partial charge >= 0.3 is 23.9 Å². The summed E-state index contributed by atoms with van der Waals surface area (Å²) >= 11 is 0. The van der Waals surface area contributed by atoms with Gasteiger partial charge in [0.1, 0.15) is 19.8 Å². The summed E-state index contributed by atoms with van der Waals surface area (Å²) in [6, 6.07) is 0. The third kappa shape index (κ3) is 25.6. The first-order valence-electron chi connectivity index (χ1n) is 22.1. The standard InChI is InChI=1S/C44H81NO10/c1-7-19-36(20-8-2)31-53-42(54-32-37(21-9-3)22-10-4)26-18-17-25-41(49)52-34-38(35-55-43(50)44(5)27-29-45(6)30-28-44)33-51-40(48)24-16-14-12-11-13-15-23-39(46)47/h36-38,42H,7-35H2,1-6H3,(H,46,47). The molecule has 0 saturated carbocycles. The predicted octanol–water partition coefficient (Wildman–Crippen LogP) is 9.52. The Labute approximate surface area is 334 Å². The van der Waals surface area contributed by atoms with E-state index in [1.807, 2.05) is 14.0 Å². The maximum atomic E-state index is 13.1. The number of unbranched alkanes of at least 4 members (excludes halogenated alkanes) is 6. The molecule has 0 radical (unpaired) electrons. The molecule has 1 atom stereocenters. The Morgan fingerprint density at radius 2 is 0.982 bits per heavy atom. The first-order chi connectivity index (χ1) is 26.5. The lowest BCUT2D eigenvalue weighted by Gasteiger charge is -2.36. The zero-order valence-electron chi connectivity index (χ0n) is 35.9. The second-order valence-electron chi connectivity index (χ2n) is 16.4. The lowest BCUT2D eigenvalue weighted by Crippen LogP contribution is -2.42. The number of hydrogen-bond acceptors (Lipinski definition) is 10. The van der Waals surface area contributed by atoms with Gasteiger partial charge in [-0.15, -0.1) is 0 Å². The molecular formula is C44H81NO10. The molecule has 1 aliphatic rings. The van der Waals surface area contributed by atoms with Crippen molar-refractivity contribution < 1.29 is 48.0 Å². The Hall–Kier alpha value is -2.24. The van der Waals surface area contributed by atoms with Crippen LogP contribution in [0.5, 0.6) is 0 Å². The van der Waals surface area contributed by atoms with Gasteiger partial charge in [-0.05, 0) is 110 Å². The minimum absolute atomic E-state index is 0.00148. The van der Waals surface area contributed by atoms with Crippen molar-refractivity contribution in [2.75, 3.05) is 53.2 Å². The Morgan fingerprint density at radius 1 is 0.564 bits per heavy atom. The second-order valence-corrected chi connectivity index (χ2v) is 16.4. The molecule has 0 aromatic carbocycles. The number of aliphatic carboxylic acids is 1. The van der Waals surface area contributed by atoms with E-state index in [2.05, 4.69) is 32.6 Å². The van der Waals surface area contributed by atoms with Crippen molar-refractivity contribution in [1.82, 2.24) is 4.90 Å². The first kappa shape index (κ1) is 50.8. The third-order valence-electron chi connectivity index (χ3n) is 10.9. The van der Waals surface area contributed by atoms with E-state index >= 15 is 0 Å². The van der Waals surface area contributed by atoms with E-state index in [0.29, 0.717) is 57.2 Å². The highest BCUT2D eigenvalue weighted by atomic mass is 16.7. The van der Waals surface area contributed by atoms with Crippen molar-refractivity contribution in [2.24, 2.45) is 23.2 Å². The number of carbonyl (C=O) groups excluding carboxylic acids is 3. The summed E-state index contributed by atoms with van der Waals surface area (Å²) in [5.74, 6) is -1.10. The summed E-state index contributed by atoms with van der Waals surface area (Å²) in [5.41, 5.74) is -0.566. The predicted molar refractivity (Wildman–Crippen MR) is 217 cm³/mol. The van der Waals surface area contributed by atoms with Crippen molar-refractivity contribution in [3.8, 4) is 0 Å². The van der Waals surface area contributed by atoms with Crippen LogP contribution in [-0.4, -0.2) is 93.3 Å². The molecule has 322 valence electrons. The molecule has 1 fully saturated rings. The molecule has 1 saturated heterocycles. The Balaban J connectivity index is 2.65. The topological polar surface area (TPSA) is 138 Å². The fourth-order valence-electron chi connectivity index (χ4n) is 7.18. The molecule has 1 heterocycles. The third-order valence-corrected chi connectivity index (χ3v) is 10.9. The van der Waals surface area contributed by atoms with Gasteiger partial charge in [-0.3, -0.25) is 19.2 Å². The van der Waals surface area contributed by atoms with Gasteiger partial charge < -0.3 is 33.7 Å². The highest BCUT2D eigenvalue weighted by Crippen LogP contribution is 2.32. The second kappa shape index (κ2) is 31.8. The number of hydrogen-bond donors (Lipinski definition) is 1. The molecule has 11 heteroatoms. The van der Waals surface area contributed by atoms with Gasteiger partial charge in [0, 0.05) is 19.3 Å². The van der Waals surface area contributed by atoms with E-state index < -0.39 is 17.3 Å². The van der Waals surface area contributed by atoms with Crippen molar-refractivity contribution in [2.45, 2.75) is 182 Å². The van der Waals surface area contributed by atoms with Crippen LogP contribution in [0.15, 0.2) is 0 Å². The smallest absolute Gasteiger partial charge is 0.311 e. The van der Waals surface area contributed by atoms with Gasteiger partial charge in [0.05, 0.1) is 24.5 Å². The van der Waals surface area contributed by atoms with Crippen molar-refractivity contribution in [3.63, 3.8) is 0 Å². The van der Waals surface area contributed by atoms with E-state index in [-0.39, 0.29) is 63.3 Å². The van der Waals surface area contributed by atoms with Crippen molar-refractivity contribution >= 4 is 23.9 Å². The molecule has 0 aromatic rings. The number of esters is 3. The van der Waals surface area contributed by atoms with Crippen LogP contribution in [-0.2, 0) is 42.9 Å². The van der Waals surface area contributed by atoms with Crippen LogP contribution in [0.1, 0.15) is 176 Å². The van der Waals surface area contributed by atoms with Crippen molar-refractivity contribution in [3.05, 3.63) is 0 Å². The van der Waals surface area contributed by atoms with Crippen LogP contribution < -0.4 is 0 Å². The van der Waals surface area contributed by atoms with Crippen LogP contribution in [0.4, 0.5) is 0 Å². The van der Waals surface area contributed by atoms with Gasteiger partial charge in [0.25, 0.3) is 0 Å². The summed E-state index contributed by atoms with van der Waals surface area (Å²) in [6.45, 7) is 13.8. The summed E-state index contributed by atoms with van der Waals surface area (Å²) in [5, 5.41) is 8.76. The van der Waals surface area contributed by atoms with E-state index in [1.54, 1.807) is 0 Å². The number of ether oxygens (including phenoxy) is 5. The number of carboxylic acid groups (broad SMARTS) is 1. The highest BCUT2D eigenvalue weighted by Gasteiger charge is 2.38. The zero-order valence-corrected chi connectivity index (χ0v) is 35.9. The number of likely N-dealkylation sites (tertiary alicyclic amines) is 1. The molecule has 0 amide bonds. The fourth-order valence-corrected chi connectivity index (χ4v) is 7.18. The minimum atomic E-state index is -0.770. The highest BCUT2D eigenvalue weighted by molar-refractivity contribution is 5.76. The number of nitrogens with zero attached hydrogens (tertiary/aromatic N) is 1. The van der Waals surface area contributed by atoms with Gasteiger partial charge in [-0.25, -0.2) is 0 Å². The number of rotatable bonds is 35. The molecular weight excluding hydrogens is 702 g/mol. The molecule has 1 N–H and O–H groups in total. The van der Waals surface area contributed by atoms with E-state index in [0.717, 1.165) is 103 Å². The van der Waals surface area contributed by atoms with Crippen LogP contribution in [0.25, 0.3) is 0 Å². The van der Waals surface area contributed by atoms with E-state index in [4.69, 9.17) is 28.8 Å². The molecule has 1 unspecified atom stereocenters. The van der Waals surface area contributed by atoms with Gasteiger partial charge in [0.15, 0.2) is 6.29 Å². The number of carbonyl (C=O) groups is 4. The summed E-state index contributed by atoms with van der Waals surface area (Å²) in [6.07, 6.45) is 18.1. The Bertz CT molecular complexity index is 983. The zero-order chi connectivity index (χ0) is 40.7. The Morgan fingerprint density at radius 3 is 1.44 bits per heavy atom. The summed E-state index contributed by atoms with van der Waals surface area (Å²) in [7, 11) is 2.04. The van der Waals surface area contributed by atoms with E-state index in [1.165, 1.54) is 0 Å². The van der Waals surface area contributed by atoms with Gasteiger partial charge in [-0.1, -0.05) is 79.1 Å². The van der Waals surface area contributed by atoms with Gasteiger partial charge in [-0.2, -0.15) is 0 Å². The normalized spacial score (nSPS) is 15.1. The summed E-state index contributed by atoms with van der Waals surface area (Å²) in [4.78, 5) is 51.4. The van der Waals surface area contributed by atoms with E-state index in [9.17, 15) is 19.2 Å². The van der Waals surface area contributed by atoms with Crippen LogP contribution >= 0.6 is 0 Å². The minimum Gasteiger partial charge on any atom is -0.481 e. The fraction of sp³-hybridized carbons (Fsp3) is 0.909. The lowest BCUT2D eigenvalue weighted by atomic mass is 9.80. The Kier molecular flexibility index (Phi) is 29.4. The molecule has 0 bridgehead atoms. The van der Waals surface area contributed by atoms with Crippen LogP contribution in [0.2, 0.25) is 0 Å². The molecule has 55 heavy (non-hydrogen) atoms. The molecule has 0 spiro atoms. The molecule has 0 aliphatic carbocycles. The largest absolute Gasteiger partial charge is 0.481 e. The molecule has 11 nitrogen and oxygen atoms in total. The lowest BCUT2D eigenvalue weighted by molar-refractivity contribution is -0.164. The van der Waals surface area contributed by atoms with Crippen molar-refractivity contribution in [1.29, 1.82) is 0 Å². The average molecular weight is 784 g/mol. The SMILES string of the molecule is CCCC(CCC)COC(CCCCC(=O)OCC(COC(=O)CCCCCCCCC(=O)O)COC(=O)C1(C)CCN(C)CC1)OCC(CCC)CCC. The maximum Gasteiger partial charge on any atom is 0.311 e. The number of carboxylic acids is 1. The van der Waals surface area contributed by atoms with Crippen LogP contribution in [0, 0.1) is 23.2 Å². The molecule has 1 rings (SSSR count). The summed E-state index contributed by atoms with van der Waals surface area (Å²) < 4.78 is 29.7. The average Bonchev–Trinajstić information content (AvgIpc) is 3.15. The van der Waals surface area contributed by atoms with Gasteiger partial charge in [0.2, 0.25) is 0 Å².